The molecule has 2 aromatic carbocycles. The number of nitrogens with one attached hydrogen (secondary N) is 1. The molecule has 0 aromatic heterocycles. The average Bonchev–Trinajstić information content (AvgIpc) is 2.87. The molecule has 1 aliphatic carbocycles. The van der Waals surface area contributed by atoms with E-state index in [0.29, 0.717) is 12.0 Å². The van der Waals surface area contributed by atoms with Gasteiger partial charge in [0, 0.05) is 18.3 Å². The summed E-state index contributed by atoms with van der Waals surface area (Å²) in [6.45, 7) is 5.38. The van der Waals surface area contributed by atoms with Gasteiger partial charge in [-0.25, -0.2) is 0 Å². The molecule has 0 saturated heterocycles. The highest BCUT2D eigenvalue weighted by atomic mass is 14.9. The minimum absolute atomic E-state index is 0.463. The van der Waals surface area contributed by atoms with E-state index in [1.165, 1.54) is 28.7 Å². The van der Waals surface area contributed by atoms with Crippen molar-refractivity contribution in [1.29, 1.82) is 0 Å². The summed E-state index contributed by atoms with van der Waals surface area (Å²) in [6, 6.07) is 15.7. The zero-order chi connectivity index (χ0) is 14.8. The lowest BCUT2D eigenvalue weighted by atomic mass is 10.0. The van der Waals surface area contributed by atoms with Gasteiger partial charge in [-0.2, -0.15) is 0 Å². The maximum absolute atomic E-state index is 5.86. The standard InChI is InChI=1S/C19H24N2/c1-13(2)15-5-3-14(4-6-15)12-21-19-10-7-16-11-17(20)8-9-18(16)19/h3-6,8-9,11,13,19,21H,7,10,12,20H2,1-2H3. The Morgan fingerprint density at radius 2 is 1.90 bits per heavy atom. The molecule has 0 fully saturated rings. The third-order valence-corrected chi connectivity index (χ3v) is 4.44. The molecule has 2 nitrogen and oxygen atoms in total. The normalized spacial score (nSPS) is 17.2. The van der Waals surface area contributed by atoms with Gasteiger partial charge in [0.05, 0.1) is 0 Å². The Balaban J connectivity index is 1.64. The fraction of sp³-hybridized carbons (Fsp3) is 0.368. The Labute approximate surface area is 127 Å². The molecule has 110 valence electrons. The van der Waals surface area contributed by atoms with Crippen LogP contribution >= 0.6 is 0 Å². The van der Waals surface area contributed by atoms with Gasteiger partial charge in [0.15, 0.2) is 0 Å². The summed E-state index contributed by atoms with van der Waals surface area (Å²) in [5, 5.41) is 3.68. The summed E-state index contributed by atoms with van der Waals surface area (Å²) < 4.78 is 0. The van der Waals surface area contributed by atoms with Gasteiger partial charge in [-0.15, -0.1) is 0 Å². The van der Waals surface area contributed by atoms with E-state index in [0.717, 1.165) is 18.7 Å². The average molecular weight is 280 g/mol. The molecule has 2 aromatic rings. The van der Waals surface area contributed by atoms with Crippen molar-refractivity contribution in [2.24, 2.45) is 0 Å². The van der Waals surface area contributed by atoms with Crippen LogP contribution in [-0.4, -0.2) is 0 Å². The molecule has 1 unspecified atom stereocenters. The van der Waals surface area contributed by atoms with Gasteiger partial charge in [-0.3, -0.25) is 0 Å². The topological polar surface area (TPSA) is 38.0 Å². The second kappa shape index (κ2) is 5.90. The molecular formula is C19H24N2. The van der Waals surface area contributed by atoms with Gasteiger partial charge in [-0.1, -0.05) is 44.2 Å². The molecule has 3 rings (SSSR count). The van der Waals surface area contributed by atoms with Crippen LogP contribution in [0.2, 0.25) is 0 Å². The SMILES string of the molecule is CC(C)c1ccc(CNC2CCc3cc(N)ccc32)cc1. The number of hydrogen-bond acceptors (Lipinski definition) is 2. The smallest absolute Gasteiger partial charge is 0.0329 e. The van der Waals surface area contributed by atoms with Gasteiger partial charge in [-0.05, 0) is 53.1 Å². The number of fused-ring (bicyclic) bond motifs is 1. The number of nitrogens with two attached hydrogens (primary N) is 1. The van der Waals surface area contributed by atoms with E-state index in [-0.39, 0.29) is 0 Å². The Kier molecular flexibility index (Phi) is 3.98. The van der Waals surface area contributed by atoms with Crippen LogP contribution in [0.3, 0.4) is 0 Å². The van der Waals surface area contributed by atoms with Crippen molar-refractivity contribution in [3.63, 3.8) is 0 Å². The summed E-state index contributed by atoms with van der Waals surface area (Å²) in [7, 11) is 0. The zero-order valence-corrected chi connectivity index (χ0v) is 12.9. The highest BCUT2D eigenvalue weighted by Crippen LogP contribution is 2.32. The van der Waals surface area contributed by atoms with Crippen molar-refractivity contribution in [2.45, 2.75) is 45.2 Å². The molecule has 0 radical (unpaired) electrons. The van der Waals surface area contributed by atoms with E-state index in [1.54, 1.807) is 0 Å². The maximum Gasteiger partial charge on any atom is 0.0329 e. The van der Waals surface area contributed by atoms with Gasteiger partial charge in [0.2, 0.25) is 0 Å². The fourth-order valence-corrected chi connectivity index (χ4v) is 3.11. The molecule has 0 aliphatic heterocycles. The molecule has 1 atom stereocenters. The number of rotatable bonds is 4. The van der Waals surface area contributed by atoms with Crippen molar-refractivity contribution in [2.75, 3.05) is 5.73 Å². The Morgan fingerprint density at radius 3 is 2.62 bits per heavy atom. The second-order valence-electron chi connectivity index (χ2n) is 6.33. The number of aryl methyl sites for hydroxylation is 1. The molecular weight excluding hydrogens is 256 g/mol. The van der Waals surface area contributed by atoms with Gasteiger partial charge < -0.3 is 11.1 Å². The quantitative estimate of drug-likeness (QED) is 0.825. The van der Waals surface area contributed by atoms with E-state index >= 15 is 0 Å². The summed E-state index contributed by atoms with van der Waals surface area (Å²) >= 11 is 0. The van der Waals surface area contributed by atoms with Crippen LogP contribution in [-0.2, 0) is 13.0 Å². The summed E-state index contributed by atoms with van der Waals surface area (Å²) in [6.07, 6.45) is 2.30. The van der Waals surface area contributed by atoms with Crippen molar-refractivity contribution in [1.82, 2.24) is 5.32 Å². The molecule has 0 spiro atoms. The first-order valence-electron chi connectivity index (χ1n) is 7.84. The molecule has 2 heteroatoms. The maximum atomic E-state index is 5.86. The number of anilines is 1. The van der Waals surface area contributed by atoms with Crippen molar-refractivity contribution >= 4 is 5.69 Å². The van der Waals surface area contributed by atoms with Crippen LogP contribution in [0.5, 0.6) is 0 Å². The van der Waals surface area contributed by atoms with Crippen LogP contribution in [0.1, 0.15) is 54.5 Å². The lowest BCUT2D eigenvalue weighted by Gasteiger charge is -2.15. The Morgan fingerprint density at radius 1 is 1.14 bits per heavy atom. The van der Waals surface area contributed by atoms with E-state index in [9.17, 15) is 0 Å². The third-order valence-electron chi connectivity index (χ3n) is 4.44. The monoisotopic (exact) mass is 280 g/mol. The molecule has 0 heterocycles. The molecule has 3 N–H and O–H groups in total. The Bertz CT molecular complexity index is 614. The van der Waals surface area contributed by atoms with E-state index in [4.69, 9.17) is 5.73 Å². The summed E-state index contributed by atoms with van der Waals surface area (Å²) in [5.74, 6) is 0.596. The molecule has 1 aliphatic rings. The summed E-state index contributed by atoms with van der Waals surface area (Å²) in [5.41, 5.74) is 12.3. The van der Waals surface area contributed by atoms with E-state index in [1.807, 2.05) is 6.07 Å². The molecule has 0 bridgehead atoms. The fourth-order valence-electron chi connectivity index (χ4n) is 3.11. The van der Waals surface area contributed by atoms with Crippen LogP contribution in [0.25, 0.3) is 0 Å². The van der Waals surface area contributed by atoms with E-state index in [2.05, 4.69) is 55.6 Å². The molecule has 0 saturated carbocycles. The second-order valence-corrected chi connectivity index (χ2v) is 6.33. The Hall–Kier alpha value is -1.80. The number of benzene rings is 2. The van der Waals surface area contributed by atoms with Crippen molar-refractivity contribution in [3.05, 3.63) is 64.7 Å². The van der Waals surface area contributed by atoms with Crippen molar-refractivity contribution < 1.29 is 0 Å². The van der Waals surface area contributed by atoms with Crippen LogP contribution in [0, 0.1) is 0 Å². The van der Waals surface area contributed by atoms with Crippen molar-refractivity contribution in [3.8, 4) is 0 Å². The minimum Gasteiger partial charge on any atom is -0.399 e. The predicted octanol–water partition coefficient (Wildman–Crippen LogP) is 4.17. The van der Waals surface area contributed by atoms with E-state index < -0.39 is 0 Å². The lowest BCUT2D eigenvalue weighted by Crippen LogP contribution is -2.18. The minimum atomic E-state index is 0.463. The van der Waals surface area contributed by atoms with Gasteiger partial charge in [0.1, 0.15) is 0 Å². The third kappa shape index (κ3) is 3.11. The number of hydrogen-bond donors (Lipinski definition) is 2. The highest BCUT2D eigenvalue weighted by Gasteiger charge is 2.21. The molecule has 21 heavy (non-hydrogen) atoms. The van der Waals surface area contributed by atoms with Crippen LogP contribution < -0.4 is 11.1 Å². The van der Waals surface area contributed by atoms with Crippen LogP contribution in [0.4, 0.5) is 5.69 Å². The largest absolute Gasteiger partial charge is 0.399 e. The zero-order valence-electron chi connectivity index (χ0n) is 12.9. The first-order chi connectivity index (χ1) is 10.1. The predicted molar refractivity (Wildman–Crippen MR) is 89.3 cm³/mol. The number of nitrogen functional groups attached to an aromatic ring is 1. The first kappa shape index (κ1) is 14.2. The lowest BCUT2D eigenvalue weighted by molar-refractivity contribution is 0.530. The highest BCUT2D eigenvalue weighted by molar-refractivity contribution is 5.47. The summed E-state index contributed by atoms with van der Waals surface area (Å²) in [4.78, 5) is 0. The molecule has 0 amide bonds. The first-order valence-corrected chi connectivity index (χ1v) is 7.84. The van der Waals surface area contributed by atoms with Crippen LogP contribution in [0.15, 0.2) is 42.5 Å². The van der Waals surface area contributed by atoms with Gasteiger partial charge >= 0.3 is 0 Å². The van der Waals surface area contributed by atoms with Gasteiger partial charge in [0.25, 0.3) is 0 Å².